The smallest absolute Gasteiger partial charge is 0.263 e. The number of nitrogens with two attached hydrogens (primary N) is 1. The monoisotopic (exact) mass is 449 g/mol. The van der Waals surface area contributed by atoms with E-state index in [0.29, 0.717) is 27.0 Å². The number of pyridine rings is 1. The largest absolute Gasteiger partial charge is 0.396 e. The van der Waals surface area contributed by atoms with Gasteiger partial charge in [0.05, 0.1) is 11.4 Å². The summed E-state index contributed by atoms with van der Waals surface area (Å²) in [6.45, 7) is 5.20. The van der Waals surface area contributed by atoms with E-state index in [9.17, 15) is 4.79 Å². The van der Waals surface area contributed by atoms with Crippen molar-refractivity contribution in [3.8, 4) is 0 Å². The minimum atomic E-state index is -0.139. The number of nitrogens with one attached hydrogen (secondary N) is 2. The Morgan fingerprint density at radius 2 is 2.22 bits per heavy atom. The lowest BCUT2D eigenvalue weighted by Gasteiger charge is -2.51. The molecule has 0 radical (unpaired) electrons. The molecule has 2 saturated heterocycles. The molecule has 3 aromatic rings. The van der Waals surface area contributed by atoms with E-state index in [4.69, 9.17) is 10.7 Å². The van der Waals surface area contributed by atoms with Gasteiger partial charge in [-0.2, -0.15) is 0 Å². The molecule has 1 amide bonds. The van der Waals surface area contributed by atoms with Gasteiger partial charge in [-0.1, -0.05) is 6.07 Å². The van der Waals surface area contributed by atoms with E-state index in [0.717, 1.165) is 56.3 Å². The molecule has 2 fully saturated rings. The number of piperidine rings is 1. The third-order valence-corrected chi connectivity index (χ3v) is 8.15. The molecule has 3 atom stereocenters. The summed E-state index contributed by atoms with van der Waals surface area (Å²) < 4.78 is 0. The average Bonchev–Trinajstić information content (AvgIpc) is 3.10. The molecule has 9 heteroatoms. The van der Waals surface area contributed by atoms with Crippen LogP contribution in [0.4, 0.5) is 11.5 Å². The maximum Gasteiger partial charge on any atom is 0.263 e. The summed E-state index contributed by atoms with van der Waals surface area (Å²) in [5.74, 6) is 1.77. The molecule has 5 heterocycles. The van der Waals surface area contributed by atoms with Crippen molar-refractivity contribution >= 4 is 39.1 Å². The van der Waals surface area contributed by atoms with E-state index >= 15 is 0 Å². The van der Waals surface area contributed by atoms with Crippen LogP contribution in [0.25, 0.3) is 10.3 Å². The number of carbonyl (C=O) groups excluding carboxylic acids is 1. The van der Waals surface area contributed by atoms with Gasteiger partial charge in [-0.25, -0.2) is 15.0 Å². The first kappa shape index (κ1) is 19.9. The highest BCUT2D eigenvalue weighted by Crippen LogP contribution is 2.35. The van der Waals surface area contributed by atoms with Crippen molar-refractivity contribution in [1.29, 1.82) is 0 Å². The molecule has 3 aromatic heterocycles. The van der Waals surface area contributed by atoms with Gasteiger partial charge < -0.3 is 21.3 Å². The number of aryl methyl sites for hydroxylation is 2. The quantitative estimate of drug-likeness (QED) is 0.562. The number of nitrogens with zero attached hydrogens (tertiary/aromatic N) is 4. The van der Waals surface area contributed by atoms with Gasteiger partial charge in [0, 0.05) is 37.1 Å². The lowest BCUT2D eigenvalue weighted by atomic mass is 9.83. The molecule has 3 aliphatic rings. The van der Waals surface area contributed by atoms with E-state index in [2.05, 4.69) is 37.6 Å². The molecule has 166 valence electrons. The van der Waals surface area contributed by atoms with E-state index < -0.39 is 0 Å². The van der Waals surface area contributed by atoms with Crippen LogP contribution in [0.3, 0.4) is 0 Å². The summed E-state index contributed by atoms with van der Waals surface area (Å²) in [7, 11) is 0. The molecule has 3 unspecified atom stereocenters. The highest BCUT2D eigenvalue weighted by Gasteiger charge is 2.41. The fraction of sp³-hybridized carbons (Fsp3) is 0.478. The van der Waals surface area contributed by atoms with E-state index in [1.807, 2.05) is 6.92 Å². The zero-order valence-electron chi connectivity index (χ0n) is 18.1. The first-order chi connectivity index (χ1) is 15.6. The van der Waals surface area contributed by atoms with Gasteiger partial charge in [-0.15, -0.1) is 11.3 Å². The lowest BCUT2D eigenvalue weighted by molar-refractivity contribution is 0.0938. The normalized spacial score (nSPS) is 24.5. The molecule has 4 N–H and O–H groups in total. The minimum Gasteiger partial charge on any atom is -0.396 e. The average molecular weight is 450 g/mol. The van der Waals surface area contributed by atoms with Crippen molar-refractivity contribution in [3.63, 3.8) is 0 Å². The molecule has 2 aliphatic heterocycles. The minimum absolute atomic E-state index is 0.0749. The second kappa shape index (κ2) is 7.67. The van der Waals surface area contributed by atoms with E-state index in [1.54, 1.807) is 6.20 Å². The molecule has 8 nitrogen and oxygen atoms in total. The van der Waals surface area contributed by atoms with Gasteiger partial charge in [0.25, 0.3) is 5.91 Å². The molecule has 0 spiro atoms. The Hall–Kier alpha value is -2.78. The fourth-order valence-electron chi connectivity index (χ4n) is 5.26. The summed E-state index contributed by atoms with van der Waals surface area (Å²) in [5, 5.41) is 6.68. The molecular formula is C23H27N7OS. The number of amides is 1. The van der Waals surface area contributed by atoms with Crippen molar-refractivity contribution in [2.24, 2.45) is 5.92 Å². The summed E-state index contributed by atoms with van der Waals surface area (Å²) in [5.41, 5.74) is 10.5. The van der Waals surface area contributed by atoms with E-state index in [-0.39, 0.29) is 11.9 Å². The third kappa shape index (κ3) is 3.31. The number of hydrogen-bond donors (Lipinski definition) is 3. The van der Waals surface area contributed by atoms with Gasteiger partial charge >= 0.3 is 0 Å². The molecule has 1 aliphatic carbocycles. The van der Waals surface area contributed by atoms with Crippen LogP contribution in [-0.2, 0) is 12.8 Å². The highest BCUT2D eigenvalue weighted by molar-refractivity contribution is 7.21. The SMILES string of the molecule is Cc1cnc2c(N)c(C(=O)NC3CCc4nc(N5CC6CCNCC65)ccc4C3)sc2n1. The second-order valence-corrected chi connectivity index (χ2v) is 10.2. The first-order valence-electron chi connectivity index (χ1n) is 11.4. The molecule has 0 bridgehead atoms. The van der Waals surface area contributed by atoms with Crippen molar-refractivity contribution < 1.29 is 4.79 Å². The van der Waals surface area contributed by atoms with Gasteiger partial charge in [0.1, 0.15) is 21.0 Å². The van der Waals surface area contributed by atoms with Gasteiger partial charge in [-0.05, 0) is 56.7 Å². The topological polar surface area (TPSA) is 109 Å². The summed E-state index contributed by atoms with van der Waals surface area (Å²) in [6.07, 6.45) is 5.49. The Labute approximate surface area is 190 Å². The number of nitrogen functional groups attached to an aromatic ring is 1. The molecule has 6 rings (SSSR count). The molecular weight excluding hydrogens is 422 g/mol. The van der Waals surface area contributed by atoms with Gasteiger partial charge in [-0.3, -0.25) is 4.79 Å². The maximum absolute atomic E-state index is 13.0. The number of anilines is 2. The van der Waals surface area contributed by atoms with E-state index in [1.165, 1.54) is 29.0 Å². The number of hydrogen-bond acceptors (Lipinski definition) is 8. The highest BCUT2D eigenvalue weighted by atomic mass is 32.1. The summed E-state index contributed by atoms with van der Waals surface area (Å²) in [6, 6.07) is 5.01. The van der Waals surface area contributed by atoms with Crippen LogP contribution in [0.5, 0.6) is 0 Å². The molecule has 32 heavy (non-hydrogen) atoms. The number of rotatable bonds is 3. The van der Waals surface area contributed by atoms with Gasteiger partial charge in [0.15, 0.2) is 0 Å². The Kier molecular flexibility index (Phi) is 4.76. The third-order valence-electron chi connectivity index (χ3n) is 7.07. The predicted octanol–water partition coefficient (Wildman–Crippen LogP) is 2.06. The van der Waals surface area contributed by atoms with Crippen LogP contribution in [0.1, 0.15) is 39.5 Å². The number of aromatic nitrogens is 3. The van der Waals surface area contributed by atoms with Crippen molar-refractivity contribution in [2.45, 2.75) is 44.7 Å². The Morgan fingerprint density at radius 3 is 3.09 bits per heavy atom. The van der Waals surface area contributed by atoms with Crippen LogP contribution in [-0.4, -0.2) is 52.6 Å². The van der Waals surface area contributed by atoms with Crippen molar-refractivity contribution in [3.05, 3.63) is 40.2 Å². The standard InChI is InChI=1S/C23H27N7OS/c1-12-9-26-20-19(24)21(32-23(20)27-12)22(31)28-15-3-4-16-13(8-15)2-5-18(29-16)30-11-14-6-7-25-10-17(14)30/h2,5,9,14-15,17,25H,3-4,6-8,10-11,24H2,1H3,(H,28,31). The number of carbonyl (C=O) groups is 1. The van der Waals surface area contributed by atoms with Crippen LogP contribution in [0.2, 0.25) is 0 Å². The number of fused-ring (bicyclic) bond motifs is 3. The Morgan fingerprint density at radius 1 is 1.31 bits per heavy atom. The number of thiophene rings is 1. The first-order valence-corrected chi connectivity index (χ1v) is 12.2. The molecule has 0 saturated carbocycles. The summed E-state index contributed by atoms with van der Waals surface area (Å²) >= 11 is 1.31. The zero-order valence-corrected chi connectivity index (χ0v) is 18.9. The predicted molar refractivity (Wildman–Crippen MR) is 126 cm³/mol. The maximum atomic E-state index is 13.0. The Bertz CT molecular complexity index is 1210. The summed E-state index contributed by atoms with van der Waals surface area (Å²) in [4.78, 5) is 30.4. The van der Waals surface area contributed by atoms with Crippen LogP contribution < -0.4 is 21.3 Å². The van der Waals surface area contributed by atoms with Crippen molar-refractivity contribution in [1.82, 2.24) is 25.6 Å². The van der Waals surface area contributed by atoms with Crippen LogP contribution in [0, 0.1) is 12.8 Å². The fourth-order valence-corrected chi connectivity index (χ4v) is 6.26. The zero-order chi connectivity index (χ0) is 21.8. The second-order valence-electron chi connectivity index (χ2n) is 9.17. The van der Waals surface area contributed by atoms with Gasteiger partial charge in [0.2, 0.25) is 0 Å². The van der Waals surface area contributed by atoms with Crippen molar-refractivity contribution in [2.75, 3.05) is 30.3 Å². The molecule has 0 aromatic carbocycles. The van der Waals surface area contributed by atoms with Crippen LogP contribution in [0.15, 0.2) is 18.3 Å². The van der Waals surface area contributed by atoms with Crippen LogP contribution >= 0.6 is 11.3 Å². The lowest BCUT2D eigenvalue weighted by Crippen LogP contribution is -2.64. The Balaban J connectivity index is 1.15.